The lowest BCUT2D eigenvalue weighted by Crippen LogP contribution is -2.23. The molecule has 19 heavy (non-hydrogen) atoms. The molecule has 1 aliphatic rings. The lowest BCUT2D eigenvalue weighted by atomic mass is 10.1. The molecule has 1 amide bonds. The van der Waals surface area contributed by atoms with Gasteiger partial charge in [-0.2, -0.15) is 0 Å². The molecule has 1 aliphatic carbocycles. The molecule has 0 spiro atoms. The van der Waals surface area contributed by atoms with Gasteiger partial charge in [-0.25, -0.2) is 4.39 Å². The molecular formula is C12H14FN3O3. The number of halogens is 1. The maximum absolute atomic E-state index is 13.2. The van der Waals surface area contributed by atoms with E-state index in [1.807, 2.05) is 0 Å². The Morgan fingerprint density at radius 3 is 2.74 bits per heavy atom. The maximum atomic E-state index is 13.2. The Bertz CT molecular complexity index is 521. The third-order valence-corrected chi connectivity index (χ3v) is 3.20. The van der Waals surface area contributed by atoms with Gasteiger partial charge in [-0.15, -0.1) is 0 Å². The van der Waals surface area contributed by atoms with Crippen LogP contribution in [0, 0.1) is 21.8 Å². The first kappa shape index (κ1) is 13.4. The fourth-order valence-corrected chi connectivity index (χ4v) is 2.25. The van der Waals surface area contributed by atoms with E-state index in [0.717, 1.165) is 24.6 Å². The number of nitro groups is 1. The Balaban J connectivity index is 2.10. The molecule has 1 saturated carbocycles. The van der Waals surface area contributed by atoms with Crippen molar-refractivity contribution in [3.8, 4) is 0 Å². The van der Waals surface area contributed by atoms with Crippen molar-refractivity contribution in [1.29, 1.82) is 0 Å². The summed E-state index contributed by atoms with van der Waals surface area (Å²) in [6.07, 6.45) is 2.05. The van der Waals surface area contributed by atoms with Gasteiger partial charge in [0.05, 0.1) is 16.7 Å². The zero-order valence-corrected chi connectivity index (χ0v) is 10.1. The van der Waals surface area contributed by atoms with E-state index < -0.39 is 16.4 Å². The molecule has 2 atom stereocenters. The number of rotatable bonds is 3. The average Bonchev–Trinajstić information content (AvgIpc) is 2.75. The summed E-state index contributed by atoms with van der Waals surface area (Å²) in [4.78, 5) is 21.8. The van der Waals surface area contributed by atoms with Crippen LogP contribution in [0.3, 0.4) is 0 Å². The first-order valence-electron chi connectivity index (χ1n) is 5.97. The van der Waals surface area contributed by atoms with Crippen LogP contribution in [0.1, 0.15) is 19.3 Å². The summed E-state index contributed by atoms with van der Waals surface area (Å²) in [7, 11) is 0. The Kier molecular flexibility index (Phi) is 3.75. The number of carbonyl (C=O) groups excluding carboxylic acids is 1. The monoisotopic (exact) mass is 267 g/mol. The minimum atomic E-state index is -0.757. The quantitative estimate of drug-likeness (QED) is 0.644. The molecular weight excluding hydrogens is 253 g/mol. The van der Waals surface area contributed by atoms with Gasteiger partial charge in [-0.1, -0.05) is 0 Å². The highest BCUT2D eigenvalue weighted by atomic mass is 19.1. The number of amides is 1. The number of non-ortho nitro benzene ring substituents is 1. The third-order valence-electron chi connectivity index (χ3n) is 3.20. The molecule has 0 bridgehead atoms. The number of nitro benzene ring substituents is 1. The van der Waals surface area contributed by atoms with Crippen molar-refractivity contribution in [3.05, 3.63) is 34.1 Å². The molecule has 0 radical (unpaired) electrons. The molecule has 0 heterocycles. The standard InChI is InChI=1S/C12H14FN3O3/c13-8-4-10(6-11(5-8)16(18)19)15-12(17)7-1-2-9(14)3-7/h4-7,9H,1-3,14H2,(H,15,17). The van der Waals surface area contributed by atoms with E-state index in [9.17, 15) is 19.3 Å². The molecule has 6 nitrogen and oxygen atoms in total. The minimum Gasteiger partial charge on any atom is -0.328 e. The number of nitrogens with zero attached hydrogens (tertiary/aromatic N) is 1. The summed E-state index contributed by atoms with van der Waals surface area (Å²) in [5.41, 5.74) is 5.42. The van der Waals surface area contributed by atoms with Crippen molar-refractivity contribution in [2.45, 2.75) is 25.3 Å². The van der Waals surface area contributed by atoms with Crippen LogP contribution in [0.25, 0.3) is 0 Å². The van der Waals surface area contributed by atoms with E-state index >= 15 is 0 Å². The largest absolute Gasteiger partial charge is 0.328 e. The summed E-state index contributed by atoms with van der Waals surface area (Å²) in [5, 5.41) is 13.1. The van der Waals surface area contributed by atoms with Gasteiger partial charge in [0, 0.05) is 18.0 Å². The number of nitrogens with two attached hydrogens (primary N) is 1. The van der Waals surface area contributed by atoms with Crippen LogP contribution in [0.4, 0.5) is 15.8 Å². The maximum Gasteiger partial charge on any atom is 0.274 e. The second-order valence-corrected chi connectivity index (χ2v) is 4.71. The van der Waals surface area contributed by atoms with Crippen LogP contribution in [-0.2, 0) is 4.79 Å². The fraction of sp³-hybridized carbons (Fsp3) is 0.417. The highest BCUT2D eigenvalue weighted by Crippen LogP contribution is 2.26. The van der Waals surface area contributed by atoms with Crippen LogP contribution in [0.15, 0.2) is 18.2 Å². The van der Waals surface area contributed by atoms with E-state index in [4.69, 9.17) is 5.73 Å². The number of anilines is 1. The molecule has 3 N–H and O–H groups in total. The number of hydrogen-bond donors (Lipinski definition) is 2. The van der Waals surface area contributed by atoms with Gasteiger partial charge >= 0.3 is 0 Å². The zero-order valence-electron chi connectivity index (χ0n) is 10.1. The van der Waals surface area contributed by atoms with Crippen LogP contribution < -0.4 is 11.1 Å². The van der Waals surface area contributed by atoms with Crippen LogP contribution in [-0.4, -0.2) is 16.9 Å². The van der Waals surface area contributed by atoms with Crippen molar-refractivity contribution in [2.24, 2.45) is 11.7 Å². The number of benzene rings is 1. The molecule has 102 valence electrons. The van der Waals surface area contributed by atoms with E-state index in [1.165, 1.54) is 0 Å². The van der Waals surface area contributed by atoms with Crippen molar-refractivity contribution in [2.75, 3.05) is 5.32 Å². The smallest absolute Gasteiger partial charge is 0.274 e. The normalized spacial score (nSPS) is 22.2. The van der Waals surface area contributed by atoms with Crippen molar-refractivity contribution in [3.63, 3.8) is 0 Å². The molecule has 1 fully saturated rings. The van der Waals surface area contributed by atoms with E-state index in [1.54, 1.807) is 0 Å². The molecule has 1 aromatic rings. The summed E-state index contributed by atoms with van der Waals surface area (Å²) in [6, 6.07) is 3.01. The second kappa shape index (κ2) is 5.31. The molecule has 7 heteroatoms. The summed E-state index contributed by atoms with van der Waals surface area (Å²) in [6.45, 7) is 0. The molecule has 2 unspecified atom stereocenters. The molecule has 0 aliphatic heterocycles. The molecule has 0 saturated heterocycles. The fourth-order valence-electron chi connectivity index (χ4n) is 2.25. The highest BCUT2D eigenvalue weighted by molar-refractivity contribution is 5.93. The first-order chi connectivity index (χ1) is 8.95. The van der Waals surface area contributed by atoms with Crippen molar-refractivity contribution < 1.29 is 14.1 Å². The van der Waals surface area contributed by atoms with Crippen LogP contribution in [0.5, 0.6) is 0 Å². The van der Waals surface area contributed by atoms with Crippen LogP contribution >= 0.6 is 0 Å². The zero-order chi connectivity index (χ0) is 14.0. The lowest BCUT2D eigenvalue weighted by Gasteiger charge is -2.10. The third kappa shape index (κ3) is 3.25. The van der Waals surface area contributed by atoms with Crippen molar-refractivity contribution in [1.82, 2.24) is 0 Å². The lowest BCUT2D eigenvalue weighted by molar-refractivity contribution is -0.385. The van der Waals surface area contributed by atoms with Gasteiger partial charge in [0.2, 0.25) is 5.91 Å². The number of carbonyl (C=O) groups is 1. The average molecular weight is 267 g/mol. The van der Waals surface area contributed by atoms with Gasteiger partial charge in [-0.3, -0.25) is 14.9 Å². The van der Waals surface area contributed by atoms with Gasteiger partial charge < -0.3 is 11.1 Å². The Morgan fingerprint density at radius 2 is 2.16 bits per heavy atom. The predicted octanol–water partition coefficient (Wildman–Crippen LogP) is 1.80. The summed E-state index contributed by atoms with van der Waals surface area (Å²) in [5.74, 6) is -1.24. The first-order valence-corrected chi connectivity index (χ1v) is 5.97. The van der Waals surface area contributed by atoms with Gasteiger partial charge in [0.1, 0.15) is 5.82 Å². The predicted molar refractivity (Wildman–Crippen MR) is 67.0 cm³/mol. The second-order valence-electron chi connectivity index (χ2n) is 4.71. The molecule has 1 aromatic carbocycles. The SMILES string of the molecule is NC1CCC(C(=O)Nc2cc(F)cc([N+](=O)[O-])c2)C1. The Hall–Kier alpha value is -2.02. The van der Waals surface area contributed by atoms with Gasteiger partial charge in [0.25, 0.3) is 5.69 Å². The number of nitrogens with one attached hydrogen (secondary N) is 1. The number of hydrogen-bond acceptors (Lipinski definition) is 4. The Morgan fingerprint density at radius 1 is 1.42 bits per heavy atom. The highest BCUT2D eigenvalue weighted by Gasteiger charge is 2.28. The molecule has 0 aromatic heterocycles. The van der Waals surface area contributed by atoms with Gasteiger partial charge in [0.15, 0.2) is 0 Å². The summed E-state index contributed by atoms with van der Waals surface area (Å²) < 4.78 is 13.2. The Labute approximate surface area is 108 Å². The van der Waals surface area contributed by atoms with E-state index in [0.29, 0.717) is 12.8 Å². The van der Waals surface area contributed by atoms with E-state index in [-0.39, 0.29) is 23.6 Å². The van der Waals surface area contributed by atoms with E-state index in [2.05, 4.69) is 5.32 Å². The summed E-state index contributed by atoms with van der Waals surface area (Å²) >= 11 is 0. The molecule has 2 rings (SSSR count). The topological polar surface area (TPSA) is 98.3 Å². The van der Waals surface area contributed by atoms with Crippen molar-refractivity contribution >= 4 is 17.3 Å². The van der Waals surface area contributed by atoms with Gasteiger partial charge in [-0.05, 0) is 25.3 Å². The minimum absolute atomic E-state index is 0.0117. The van der Waals surface area contributed by atoms with Crippen LogP contribution in [0.2, 0.25) is 0 Å².